The van der Waals surface area contributed by atoms with Gasteiger partial charge in [0.1, 0.15) is 0 Å². The Labute approximate surface area is 241 Å². The Morgan fingerprint density at radius 3 is 2.24 bits per heavy atom. The van der Waals surface area contributed by atoms with Gasteiger partial charge in [-0.15, -0.1) is 0 Å². The zero-order valence-electron chi connectivity index (χ0n) is 23.2. The Morgan fingerprint density at radius 2 is 1.51 bits per heavy atom. The standard InChI is InChI=1S/C35H30N2O3S/c1-23-14-16-29(17-15-23)41(39,40)36-31-22-32(27-11-6-8-24(2)20-27)37-19-18-26-10-4-5-13-30(26)34(37)33(31)35(38)28-12-7-9-25(3)21-28/h4-21,32H,22H2,1-3H3/b36-31+. The Kier molecular flexibility index (Phi) is 6.80. The maximum atomic E-state index is 14.4. The number of hydrogen-bond acceptors (Lipinski definition) is 4. The molecule has 5 nitrogen and oxygen atoms in total. The van der Waals surface area contributed by atoms with E-state index in [0.717, 1.165) is 33.4 Å². The third-order valence-corrected chi connectivity index (χ3v) is 8.95. The molecule has 4 aromatic carbocycles. The number of carbonyl (C=O) groups is 1. The molecule has 4 aromatic rings. The lowest BCUT2D eigenvalue weighted by atomic mass is 9.82. The largest absolute Gasteiger partial charge is 0.339 e. The van der Waals surface area contributed by atoms with Gasteiger partial charge in [0.25, 0.3) is 10.0 Å². The van der Waals surface area contributed by atoms with Crippen molar-refractivity contribution in [3.8, 4) is 0 Å². The molecular formula is C35H30N2O3S. The first-order valence-corrected chi connectivity index (χ1v) is 15.0. The minimum atomic E-state index is -4.10. The third-order valence-electron chi connectivity index (χ3n) is 7.62. The number of hydrogen-bond donors (Lipinski definition) is 0. The summed E-state index contributed by atoms with van der Waals surface area (Å²) in [5, 5.41) is 0. The molecule has 0 radical (unpaired) electrons. The molecule has 0 N–H and O–H groups in total. The number of rotatable bonds is 5. The predicted molar refractivity (Wildman–Crippen MR) is 164 cm³/mol. The van der Waals surface area contributed by atoms with Crippen molar-refractivity contribution in [1.82, 2.24) is 4.90 Å². The average Bonchev–Trinajstić information content (AvgIpc) is 2.96. The van der Waals surface area contributed by atoms with Crippen molar-refractivity contribution in [2.45, 2.75) is 38.1 Å². The Bertz CT molecular complexity index is 1880. The second-order valence-electron chi connectivity index (χ2n) is 10.7. The number of benzene rings is 4. The Morgan fingerprint density at radius 1 is 0.805 bits per heavy atom. The summed E-state index contributed by atoms with van der Waals surface area (Å²) < 4.78 is 31.9. The summed E-state index contributed by atoms with van der Waals surface area (Å²) in [5.74, 6) is -0.251. The van der Waals surface area contributed by atoms with Gasteiger partial charge in [-0.3, -0.25) is 4.79 Å². The van der Waals surface area contributed by atoms with Crippen LogP contribution in [-0.4, -0.2) is 24.8 Å². The van der Waals surface area contributed by atoms with Crippen LogP contribution in [0.2, 0.25) is 0 Å². The highest BCUT2D eigenvalue weighted by Crippen LogP contribution is 2.45. The van der Waals surface area contributed by atoms with Gasteiger partial charge in [0, 0.05) is 23.7 Å². The maximum Gasteiger partial charge on any atom is 0.282 e. The predicted octanol–water partition coefficient (Wildman–Crippen LogP) is 7.47. The summed E-state index contributed by atoms with van der Waals surface area (Å²) in [7, 11) is -4.10. The van der Waals surface area contributed by atoms with Crippen molar-refractivity contribution in [3.05, 3.63) is 148 Å². The molecule has 0 saturated heterocycles. The molecule has 1 unspecified atom stereocenters. The molecule has 0 saturated carbocycles. The van der Waals surface area contributed by atoms with E-state index < -0.39 is 10.0 Å². The van der Waals surface area contributed by atoms with E-state index in [4.69, 9.17) is 0 Å². The fourth-order valence-corrected chi connectivity index (χ4v) is 6.63. The normalized spacial score (nSPS) is 17.4. The van der Waals surface area contributed by atoms with Crippen LogP contribution < -0.4 is 0 Å². The van der Waals surface area contributed by atoms with Gasteiger partial charge in [-0.25, -0.2) is 0 Å². The quantitative estimate of drug-likeness (QED) is 0.238. The second kappa shape index (κ2) is 10.5. The summed E-state index contributed by atoms with van der Waals surface area (Å²) in [6.45, 7) is 5.88. The van der Waals surface area contributed by atoms with Crippen molar-refractivity contribution >= 4 is 33.3 Å². The summed E-state index contributed by atoms with van der Waals surface area (Å²) in [6.07, 6.45) is 4.29. The number of aryl methyl sites for hydroxylation is 3. The van der Waals surface area contributed by atoms with Crippen molar-refractivity contribution in [2.75, 3.05) is 0 Å². The van der Waals surface area contributed by atoms with Crippen LogP contribution in [0.1, 0.15) is 56.2 Å². The molecule has 0 aromatic heterocycles. The number of allylic oxidation sites excluding steroid dienone is 1. The number of Topliss-reactive ketones (excluding diaryl/α,β-unsaturated/α-hetero) is 1. The minimum absolute atomic E-state index is 0.0985. The van der Waals surface area contributed by atoms with Gasteiger partial charge in [0.15, 0.2) is 5.78 Å². The molecule has 2 aliphatic heterocycles. The van der Waals surface area contributed by atoms with Gasteiger partial charge < -0.3 is 4.90 Å². The van der Waals surface area contributed by atoms with E-state index in [1.165, 1.54) is 0 Å². The summed E-state index contributed by atoms with van der Waals surface area (Å²) in [5.41, 5.74) is 7.58. The fraction of sp³-hybridized carbons (Fsp3) is 0.143. The van der Waals surface area contributed by atoms with Gasteiger partial charge in [-0.05, 0) is 56.2 Å². The van der Waals surface area contributed by atoms with Gasteiger partial charge in [-0.2, -0.15) is 12.8 Å². The highest BCUT2D eigenvalue weighted by atomic mass is 32.2. The highest BCUT2D eigenvalue weighted by molar-refractivity contribution is 7.90. The molecular weight excluding hydrogens is 528 g/mol. The molecule has 0 spiro atoms. The van der Waals surface area contributed by atoms with Crippen LogP contribution in [0.4, 0.5) is 0 Å². The number of nitrogens with zero attached hydrogens (tertiary/aromatic N) is 2. The zero-order chi connectivity index (χ0) is 28.7. The van der Waals surface area contributed by atoms with Crippen LogP contribution in [0.15, 0.2) is 118 Å². The first-order chi connectivity index (χ1) is 19.7. The molecule has 6 heteroatoms. The van der Waals surface area contributed by atoms with Gasteiger partial charge in [0.05, 0.1) is 27.9 Å². The lowest BCUT2D eigenvalue weighted by Gasteiger charge is -2.41. The fourth-order valence-electron chi connectivity index (χ4n) is 5.59. The monoisotopic (exact) mass is 558 g/mol. The van der Waals surface area contributed by atoms with Crippen LogP contribution in [0.5, 0.6) is 0 Å². The smallest absolute Gasteiger partial charge is 0.282 e. The molecule has 41 heavy (non-hydrogen) atoms. The van der Waals surface area contributed by atoms with Crippen molar-refractivity contribution in [1.29, 1.82) is 0 Å². The number of ketones is 1. The maximum absolute atomic E-state index is 14.4. The first-order valence-electron chi connectivity index (χ1n) is 13.6. The van der Waals surface area contributed by atoms with E-state index in [-0.39, 0.29) is 28.9 Å². The molecule has 0 amide bonds. The number of fused-ring (bicyclic) bond motifs is 3. The summed E-state index contributed by atoms with van der Waals surface area (Å²) >= 11 is 0. The molecule has 2 aliphatic rings. The van der Waals surface area contributed by atoms with Gasteiger partial charge >= 0.3 is 0 Å². The van der Waals surface area contributed by atoms with E-state index in [2.05, 4.69) is 15.4 Å². The molecule has 204 valence electrons. The van der Waals surface area contributed by atoms with E-state index in [0.29, 0.717) is 16.8 Å². The van der Waals surface area contributed by atoms with Crippen LogP contribution in [0, 0.1) is 20.8 Å². The number of sulfonamides is 1. The summed E-state index contributed by atoms with van der Waals surface area (Å²) in [6, 6.07) is 29.8. The van der Waals surface area contributed by atoms with Crippen LogP contribution in [-0.2, 0) is 10.0 Å². The van der Waals surface area contributed by atoms with Crippen molar-refractivity contribution in [2.24, 2.45) is 4.40 Å². The molecule has 0 bridgehead atoms. The van der Waals surface area contributed by atoms with Gasteiger partial charge in [-0.1, -0.05) is 95.6 Å². The van der Waals surface area contributed by atoms with Gasteiger partial charge in [0.2, 0.25) is 0 Å². The SMILES string of the molecule is Cc1ccc(S(=O)(=O)/N=C2\CC(c3cccc(C)c3)N3C=Cc4ccccc4C3=C2C(=O)c2cccc(C)c2)cc1. The molecule has 2 heterocycles. The minimum Gasteiger partial charge on any atom is -0.339 e. The first kappa shape index (κ1) is 26.7. The molecule has 0 fully saturated rings. The molecule has 0 aliphatic carbocycles. The van der Waals surface area contributed by atoms with Crippen molar-refractivity contribution < 1.29 is 13.2 Å². The third kappa shape index (κ3) is 5.07. The topological polar surface area (TPSA) is 66.8 Å². The van der Waals surface area contributed by atoms with Crippen LogP contribution in [0.3, 0.4) is 0 Å². The van der Waals surface area contributed by atoms with Crippen LogP contribution >= 0.6 is 0 Å². The lowest BCUT2D eigenvalue weighted by Crippen LogP contribution is -2.36. The molecule has 1 atom stereocenters. The average molecular weight is 559 g/mol. The zero-order valence-corrected chi connectivity index (χ0v) is 24.0. The van der Waals surface area contributed by atoms with E-state index in [1.54, 1.807) is 30.3 Å². The molecule has 6 rings (SSSR count). The Balaban J connectivity index is 1.65. The lowest BCUT2D eigenvalue weighted by molar-refractivity contribution is 0.103. The van der Waals surface area contributed by atoms with E-state index in [1.807, 2.05) is 93.7 Å². The Hall–Kier alpha value is -4.55. The van der Waals surface area contributed by atoms with E-state index in [9.17, 15) is 13.2 Å². The highest BCUT2D eigenvalue weighted by Gasteiger charge is 2.39. The van der Waals surface area contributed by atoms with E-state index >= 15 is 0 Å². The summed E-state index contributed by atoms with van der Waals surface area (Å²) in [4.78, 5) is 16.6. The van der Waals surface area contributed by atoms with Crippen LogP contribution in [0.25, 0.3) is 11.8 Å². The second-order valence-corrected chi connectivity index (χ2v) is 12.3. The van der Waals surface area contributed by atoms with Crippen molar-refractivity contribution in [3.63, 3.8) is 0 Å². The number of carbonyl (C=O) groups excluding carboxylic acids is 1.